The predicted molar refractivity (Wildman–Crippen MR) is 77.7 cm³/mol. The minimum absolute atomic E-state index is 0.817. The van der Waals surface area contributed by atoms with Crippen LogP contribution in [0.4, 0.5) is 0 Å². The summed E-state index contributed by atoms with van der Waals surface area (Å²) in [4.78, 5) is 2.47. The molecule has 1 aliphatic heterocycles. The van der Waals surface area contributed by atoms with Crippen LogP contribution in [0.25, 0.3) is 0 Å². The van der Waals surface area contributed by atoms with Crippen molar-refractivity contribution in [1.29, 1.82) is 5.26 Å². The average Bonchev–Trinajstić information content (AvgIpc) is 2.47. The molecule has 1 aromatic carbocycles. The van der Waals surface area contributed by atoms with Gasteiger partial charge in [-0.2, -0.15) is 5.26 Å². The molecule has 1 heterocycles. The maximum Gasteiger partial charge on any atom is 0.0995 e. The first-order chi connectivity index (χ1) is 9.33. The van der Waals surface area contributed by atoms with Crippen LogP contribution in [0.3, 0.4) is 0 Å². The fourth-order valence-corrected chi connectivity index (χ4v) is 2.71. The maximum absolute atomic E-state index is 9.11. The van der Waals surface area contributed by atoms with E-state index in [1.807, 2.05) is 18.2 Å². The highest BCUT2D eigenvalue weighted by Gasteiger charge is 2.19. The summed E-state index contributed by atoms with van der Waals surface area (Å²) in [5.74, 6) is 0.822. The first kappa shape index (κ1) is 14.0. The van der Waals surface area contributed by atoms with Crippen LogP contribution in [0.2, 0.25) is 0 Å². The second kappa shape index (κ2) is 7.28. The number of hydrogen-bond donors (Lipinski definition) is 1. The molecule has 0 unspecified atom stereocenters. The third-order valence-corrected chi connectivity index (χ3v) is 3.92. The van der Waals surface area contributed by atoms with Gasteiger partial charge < -0.3 is 5.32 Å². The van der Waals surface area contributed by atoms with Crippen LogP contribution >= 0.6 is 0 Å². The second-order valence-corrected chi connectivity index (χ2v) is 5.30. The molecule has 1 fully saturated rings. The molecule has 0 amide bonds. The highest BCUT2D eigenvalue weighted by molar-refractivity contribution is 5.37. The molecule has 3 nitrogen and oxygen atoms in total. The number of piperidine rings is 1. The fourth-order valence-electron chi connectivity index (χ4n) is 2.71. The molecule has 0 aromatic heterocycles. The van der Waals surface area contributed by atoms with Crippen LogP contribution in [0.1, 0.15) is 30.9 Å². The van der Waals surface area contributed by atoms with Gasteiger partial charge in [0.2, 0.25) is 0 Å². The van der Waals surface area contributed by atoms with Gasteiger partial charge in [0.05, 0.1) is 11.6 Å². The van der Waals surface area contributed by atoms with Crippen molar-refractivity contribution in [3.8, 4) is 6.07 Å². The zero-order valence-corrected chi connectivity index (χ0v) is 11.7. The van der Waals surface area contributed by atoms with Gasteiger partial charge in [0.15, 0.2) is 0 Å². The fraction of sp³-hybridized carbons (Fsp3) is 0.562. The Morgan fingerprint density at radius 1 is 1.32 bits per heavy atom. The Hall–Kier alpha value is -1.37. The first-order valence-corrected chi connectivity index (χ1v) is 7.24. The van der Waals surface area contributed by atoms with E-state index in [-0.39, 0.29) is 0 Å². The Balaban J connectivity index is 1.84. The van der Waals surface area contributed by atoms with Gasteiger partial charge in [-0.15, -0.1) is 0 Å². The Kier molecular flexibility index (Phi) is 5.38. The van der Waals surface area contributed by atoms with Gasteiger partial charge in [-0.05, 0) is 56.6 Å². The molecule has 0 spiro atoms. The molecule has 0 atom stereocenters. The summed E-state index contributed by atoms with van der Waals surface area (Å²) in [7, 11) is 0. The number of likely N-dealkylation sites (tertiary alicyclic amines) is 1. The van der Waals surface area contributed by atoms with Gasteiger partial charge in [-0.3, -0.25) is 4.90 Å². The smallest absolute Gasteiger partial charge is 0.0995 e. The van der Waals surface area contributed by atoms with E-state index in [9.17, 15) is 0 Å². The van der Waals surface area contributed by atoms with E-state index in [1.165, 1.54) is 12.8 Å². The number of hydrogen-bond acceptors (Lipinski definition) is 3. The van der Waals surface area contributed by atoms with Gasteiger partial charge in [0.1, 0.15) is 0 Å². The van der Waals surface area contributed by atoms with E-state index in [0.717, 1.165) is 49.8 Å². The summed E-state index contributed by atoms with van der Waals surface area (Å²) in [6, 6.07) is 10.2. The van der Waals surface area contributed by atoms with Crippen LogP contribution < -0.4 is 5.32 Å². The number of nitrogens with zero attached hydrogens (tertiary/aromatic N) is 2. The molecule has 0 aliphatic carbocycles. The number of rotatable bonds is 5. The van der Waals surface area contributed by atoms with Crippen LogP contribution in [0, 0.1) is 17.2 Å². The van der Waals surface area contributed by atoms with E-state index in [4.69, 9.17) is 5.26 Å². The largest absolute Gasteiger partial charge is 0.317 e. The van der Waals surface area contributed by atoms with E-state index >= 15 is 0 Å². The van der Waals surface area contributed by atoms with Crippen molar-refractivity contribution in [2.45, 2.75) is 26.3 Å². The molecule has 19 heavy (non-hydrogen) atoms. The minimum Gasteiger partial charge on any atom is -0.317 e. The lowest BCUT2D eigenvalue weighted by Gasteiger charge is -2.32. The van der Waals surface area contributed by atoms with Crippen LogP contribution in [0.15, 0.2) is 24.3 Å². The molecule has 1 saturated heterocycles. The third kappa shape index (κ3) is 4.05. The SMILES string of the molecule is CCNCC1CCN(Cc2ccccc2C#N)CC1. The molecule has 0 radical (unpaired) electrons. The zero-order chi connectivity index (χ0) is 13.5. The van der Waals surface area contributed by atoms with Crippen molar-refractivity contribution in [3.63, 3.8) is 0 Å². The second-order valence-electron chi connectivity index (χ2n) is 5.30. The summed E-state index contributed by atoms with van der Waals surface area (Å²) < 4.78 is 0. The van der Waals surface area contributed by atoms with E-state index < -0.39 is 0 Å². The molecular formula is C16H23N3. The predicted octanol–water partition coefficient (Wildman–Crippen LogP) is 2.38. The lowest BCUT2D eigenvalue weighted by Crippen LogP contribution is -2.37. The summed E-state index contributed by atoms with van der Waals surface area (Å²) in [6.45, 7) is 7.59. The van der Waals surface area contributed by atoms with Gasteiger partial charge in [0.25, 0.3) is 0 Å². The first-order valence-electron chi connectivity index (χ1n) is 7.24. The average molecular weight is 257 g/mol. The third-order valence-electron chi connectivity index (χ3n) is 3.92. The molecule has 1 aromatic rings. The molecule has 1 aliphatic rings. The van der Waals surface area contributed by atoms with Gasteiger partial charge in [0, 0.05) is 6.54 Å². The zero-order valence-electron chi connectivity index (χ0n) is 11.7. The molecule has 2 rings (SSSR count). The van der Waals surface area contributed by atoms with Crippen molar-refractivity contribution in [2.24, 2.45) is 5.92 Å². The van der Waals surface area contributed by atoms with Crippen LogP contribution in [0.5, 0.6) is 0 Å². The maximum atomic E-state index is 9.11. The summed E-state index contributed by atoms with van der Waals surface area (Å²) in [5, 5.41) is 12.5. The summed E-state index contributed by atoms with van der Waals surface area (Å²) in [5.41, 5.74) is 1.98. The molecule has 102 valence electrons. The Bertz CT molecular complexity index is 428. The van der Waals surface area contributed by atoms with Crippen molar-refractivity contribution < 1.29 is 0 Å². The van der Waals surface area contributed by atoms with Crippen molar-refractivity contribution in [3.05, 3.63) is 35.4 Å². The lowest BCUT2D eigenvalue weighted by atomic mass is 9.96. The highest BCUT2D eigenvalue weighted by atomic mass is 15.1. The molecule has 1 N–H and O–H groups in total. The standard InChI is InChI=1S/C16H23N3/c1-2-18-12-14-7-9-19(10-8-14)13-16-6-4-3-5-15(16)11-17/h3-6,14,18H,2,7-10,12-13H2,1H3. The molecular weight excluding hydrogens is 234 g/mol. The Labute approximate surface area is 116 Å². The van der Waals surface area contributed by atoms with E-state index in [1.54, 1.807) is 0 Å². The van der Waals surface area contributed by atoms with Gasteiger partial charge >= 0.3 is 0 Å². The number of nitriles is 1. The normalized spacial score (nSPS) is 17.3. The van der Waals surface area contributed by atoms with Gasteiger partial charge in [-0.1, -0.05) is 25.1 Å². The quantitative estimate of drug-likeness (QED) is 0.880. The highest BCUT2D eigenvalue weighted by Crippen LogP contribution is 2.19. The number of nitrogens with one attached hydrogen (secondary N) is 1. The molecule has 3 heteroatoms. The Morgan fingerprint density at radius 2 is 2.05 bits per heavy atom. The number of benzene rings is 1. The lowest BCUT2D eigenvalue weighted by molar-refractivity contribution is 0.176. The minimum atomic E-state index is 0.817. The topological polar surface area (TPSA) is 39.1 Å². The van der Waals surface area contributed by atoms with Crippen molar-refractivity contribution in [1.82, 2.24) is 10.2 Å². The summed E-state index contributed by atoms with van der Waals surface area (Å²) in [6.07, 6.45) is 2.53. The molecule has 0 bridgehead atoms. The van der Waals surface area contributed by atoms with E-state index in [2.05, 4.69) is 29.3 Å². The van der Waals surface area contributed by atoms with Crippen LogP contribution in [-0.4, -0.2) is 31.1 Å². The molecule has 0 saturated carbocycles. The summed E-state index contributed by atoms with van der Waals surface area (Å²) >= 11 is 0. The Morgan fingerprint density at radius 3 is 2.74 bits per heavy atom. The monoisotopic (exact) mass is 257 g/mol. The van der Waals surface area contributed by atoms with Gasteiger partial charge in [-0.25, -0.2) is 0 Å². The van der Waals surface area contributed by atoms with Crippen molar-refractivity contribution in [2.75, 3.05) is 26.2 Å². The van der Waals surface area contributed by atoms with E-state index in [0.29, 0.717) is 0 Å². The van der Waals surface area contributed by atoms with Crippen molar-refractivity contribution >= 4 is 0 Å². The van der Waals surface area contributed by atoms with Crippen LogP contribution in [-0.2, 0) is 6.54 Å².